The fourth-order valence-electron chi connectivity index (χ4n) is 2.18. The first-order valence-corrected chi connectivity index (χ1v) is 6.67. The van der Waals surface area contributed by atoms with E-state index in [2.05, 4.69) is 34.2 Å². The lowest BCUT2D eigenvalue weighted by Gasteiger charge is -2.29. The van der Waals surface area contributed by atoms with Crippen molar-refractivity contribution in [1.29, 1.82) is 0 Å². The Morgan fingerprint density at radius 2 is 2.41 bits per heavy atom. The first kappa shape index (κ1) is 12.9. The third-order valence-corrected chi connectivity index (χ3v) is 3.41. The van der Waals surface area contributed by atoms with E-state index in [0.29, 0.717) is 12.1 Å². The van der Waals surface area contributed by atoms with Gasteiger partial charge in [-0.2, -0.15) is 0 Å². The minimum absolute atomic E-state index is 0.343. The molecule has 94 valence electrons. The van der Waals surface area contributed by atoms with E-state index in [-0.39, 0.29) is 0 Å². The second-order valence-electron chi connectivity index (χ2n) is 4.39. The maximum Gasteiger partial charge on any atom is 0.124 e. The maximum atomic E-state index is 5.66. The number of nitrogens with one attached hydrogen (secondary N) is 1. The highest BCUT2D eigenvalue weighted by Gasteiger charge is 2.22. The van der Waals surface area contributed by atoms with Crippen LogP contribution in [-0.2, 0) is 4.74 Å². The molecule has 1 aliphatic rings. The molecule has 1 aromatic carbocycles. The van der Waals surface area contributed by atoms with Gasteiger partial charge < -0.3 is 14.8 Å². The van der Waals surface area contributed by atoms with E-state index in [1.54, 1.807) is 7.11 Å². The predicted molar refractivity (Wildman–Crippen MR) is 71.5 cm³/mol. The molecule has 0 bridgehead atoms. The van der Waals surface area contributed by atoms with Crippen LogP contribution in [0.4, 0.5) is 0 Å². The Kier molecular flexibility index (Phi) is 4.42. The maximum absolute atomic E-state index is 5.66. The summed E-state index contributed by atoms with van der Waals surface area (Å²) in [7, 11) is 1.73. The highest BCUT2D eigenvalue weighted by Crippen LogP contribution is 2.34. The van der Waals surface area contributed by atoms with E-state index < -0.39 is 0 Å². The molecule has 0 amide bonds. The lowest BCUT2D eigenvalue weighted by Crippen LogP contribution is -2.36. The summed E-state index contributed by atoms with van der Waals surface area (Å²) in [5.74, 6) is 0.988. The Labute approximate surface area is 111 Å². The second kappa shape index (κ2) is 5.85. The number of ether oxygens (including phenoxy) is 2. The van der Waals surface area contributed by atoms with Crippen molar-refractivity contribution < 1.29 is 9.47 Å². The van der Waals surface area contributed by atoms with Gasteiger partial charge in [-0.15, -0.1) is 0 Å². The van der Waals surface area contributed by atoms with Crippen LogP contribution in [0.2, 0.25) is 0 Å². The van der Waals surface area contributed by atoms with Gasteiger partial charge in [0.25, 0.3) is 0 Å². The number of hydrogen-bond donors (Lipinski definition) is 1. The van der Waals surface area contributed by atoms with Gasteiger partial charge in [0.15, 0.2) is 0 Å². The molecule has 17 heavy (non-hydrogen) atoms. The fourth-order valence-corrected chi connectivity index (χ4v) is 2.56. The number of rotatable bonds is 4. The summed E-state index contributed by atoms with van der Waals surface area (Å²) in [6.45, 7) is 3.63. The van der Waals surface area contributed by atoms with Crippen LogP contribution in [0.1, 0.15) is 24.9 Å². The molecule has 1 heterocycles. The first-order chi connectivity index (χ1) is 8.20. The Morgan fingerprint density at radius 1 is 1.59 bits per heavy atom. The molecule has 0 saturated carbocycles. The zero-order valence-corrected chi connectivity index (χ0v) is 11.8. The highest BCUT2D eigenvalue weighted by molar-refractivity contribution is 9.10. The van der Waals surface area contributed by atoms with Crippen molar-refractivity contribution in [2.45, 2.75) is 25.4 Å². The third kappa shape index (κ3) is 3.21. The van der Waals surface area contributed by atoms with Gasteiger partial charge in [-0.25, -0.2) is 0 Å². The van der Waals surface area contributed by atoms with Gasteiger partial charge in [0, 0.05) is 35.7 Å². The molecule has 3 nitrogen and oxygen atoms in total. The fraction of sp³-hybridized carbons (Fsp3) is 0.538. The van der Waals surface area contributed by atoms with Gasteiger partial charge >= 0.3 is 0 Å². The van der Waals surface area contributed by atoms with E-state index in [4.69, 9.17) is 9.47 Å². The molecular formula is C13H18BrNO2. The molecule has 0 fully saturated rings. The quantitative estimate of drug-likeness (QED) is 0.927. The predicted octanol–water partition coefficient (Wildman–Crippen LogP) is 2.90. The number of halogens is 1. The molecule has 2 unspecified atom stereocenters. The Morgan fingerprint density at radius 3 is 3.18 bits per heavy atom. The molecule has 0 aromatic heterocycles. The van der Waals surface area contributed by atoms with Gasteiger partial charge in [-0.1, -0.05) is 15.9 Å². The standard InChI is InChI=1S/C13H18BrNO2/c1-9(8-16-2)15-12-5-6-17-13-4-3-10(14)7-11(12)13/h3-4,7,9,12,15H,5-6,8H2,1-2H3. The van der Waals surface area contributed by atoms with E-state index in [1.807, 2.05) is 12.1 Å². The molecule has 0 radical (unpaired) electrons. The minimum Gasteiger partial charge on any atom is -0.493 e. The van der Waals surface area contributed by atoms with Gasteiger partial charge in [0.1, 0.15) is 5.75 Å². The molecule has 1 aliphatic heterocycles. The van der Waals surface area contributed by atoms with Crippen LogP contribution < -0.4 is 10.1 Å². The molecule has 2 atom stereocenters. The SMILES string of the molecule is COCC(C)NC1CCOc2ccc(Br)cc21. The summed E-state index contributed by atoms with van der Waals surface area (Å²) in [6, 6.07) is 6.86. The van der Waals surface area contributed by atoms with E-state index in [0.717, 1.165) is 29.9 Å². The molecule has 1 aromatic rings. The number of fused-ring (bicyclic) bond motifs is 1. The summed E-state index contributed by atoms with van der Waals surface area (Å²) in [5, 5.41) is 3.58. The van der Waals surface area contributed by atoms with Crippen LogP contribution in [0.25, 0.3) is 0 Å². The van der Waals surface area contributed by atoms with Gasteiger partial charge in [0.2, 0.25) is 0 Å². The van der Waals surface area contributed by atoms with Crippen molar-refractivity contribution in [3.63, 3.8) is 0 Å². The Hall–Kier alpha value is -0.580. The van der Waals surface area contributed by atoms with Crippen LogP contribution >= 0.6 is 15.9 Å². The van der Waals surface area contributed by atoms with Crippen molar-refractivity contribution in [3.8, 4) is 5.75 Å². The van der Waals surface area contributed by atoms with Crippen LogP contribution in [0, 0.1) is 0 Å². The van der Waals surface area contributed by atoms with Crippen LogP contribution in [0.15, 0.2) is 22.7 Å². The van der Waals surface area contributed by atoms with Crippen molar-refractivity contribution in [2.75, 3.05) is 20.3 Å². The van der Waals surface area contributed by atoms with E-state index in [1.165, 1.54) is 5.56 Å². The Bertz CT molecular complexity index is 384. The van der Waals surface area contributed by atoms with Crippen LogP contribution in [0.3, 0.4) is 0 Å². The normalized spacial score (nSPS) is 20.5. The number of benzene rings is 1. The van der Waals surface area contributed by atoms with E-state index >= 15 is 0 Å². The number of hydrogen-bond acceptors (Lipinski definition) is 3. The molecule has 0 aliphatic carbocycles. The molecule has 2 rings (SSSR count). The van der Waals surface area contributed by atoms with Crippen LogP contribution in [-0.4, -0.2) is 26.4 Å². The molecular weight excluding hydrogens is 282 g/mol. The zero-order chi connectivity index (χ0) is 12.3. The van der Waals surface area contributed by atoms with Gasteiger partial charge in [-0.3, -0.25) is 0 Å². The van der Waals surface area contributed by atoms with Crippen LogP contribution in [0.5, 0.6) is 5.75 Å². The summed E-state index contributed by atoms with van der Waals surface area (Å²) < 4.78 is 11.9. The van der Waals surface area contributed by atoms with Crippen molar-refractivity contribution in [2.24, 2.45) is 0 Å². The monoisotopic (exact) mass is 299 g/mol. The van der Waals surface area contributed by atoms with Crippen molar-refractivity contribution in [1.82, 2.24) is 5.32 Å². The summed E-state index contributed by atoms with van der Waals surface area (Å²) >= 11 is 3.51. The Balaban J connectivity index is 2.13. The highest BCUT2D eigenvalue weighted by atomic mass is 79.9. The van der Waals surface area contributed by atoms with Gasteiger partial charge in [-0.05, 0) is 25.1 Å². The smallest absolute Gasteiger partial charge is 0.124 e. The first-order valence-electron chi connectivity index (χ1n) is 5.88. The van der Waals surface area contributed by atoms with Gasteiger partial charge in [0.05, 0.1) is 13.2 Å². The molecule has 0 spiro atoms. The topological polar surface area (TPSA) is 30.5 Å². The van der Waals surface area contributed by atoms with Crippen molar-refractivity contribution >= 4 is 15.9 Å². The second-order valence-corrected chi connectivity index (χ2v) is 5.31. The largest absolute Gasteiger partial charge is 0.493 e. The molecule has 0 saturated heterocycles. The average Bonchev–Trinajstić information content (AvgIpc) is 2.30. The number of methoxy groups -OCH3 is 1. The lowest BCUT2D eigenvalue weighted by atomic mass is 10.00. The zero-order valence-electron chi connectivity index (χ0n) is 10.2. The van der Waals surface area contributed by atoms with E-state index in [9.17, 15) is 0 Å². The molecule has 1 N–H and O–H groups in total. The summed E-state index contributed by atoms with van der Waals surface area (Å²) in [4.78, 5) is 0. The minimum atomic E-state index is 0.343. The average molecular weight is 300 g/mol. The lowest BCUT2D eigenvalue weighted by molar-refractivity contribution is 0.158. The summed E-state index contributed by atoms with van der Waals surface area (Å²) in [6.07, 6.45) is 0.998. The van der Waals surface area contributed by atoms with Crippen molar-refractivity contribution in [3.05, 3.63) is 28.2 Å². The summed E-state index contributed by atoms with van der Waals surface area (Å²) in [5.41, 5.74) is 1.23. The third-order valence-electron chi connectivity index (χ3n) is 2.91. The molecule has 4 heteroatoms.